The SMILES string of the molecule is CCOc1ccc2c(c1)N(C1CCC1)C(c1ccc(NC(=O)NC3CCC3)cc1)C2c1noc(C)n1. The fourth-order valence-corrected chi connectivity index (χ4v) is 5.58. The number of nitrogens with zero attached hydrogens (tertiary/aromatic N) is 3. The smallest absolute Gasteiger partial charge is 0.319 e. The topological polar surface area (TPSA) is 92.5 Å². The quantitative estimate of drug-likeness (QED) is 0.444. The number of benzene rings is 2. The van der Waals surface area contributed by atoms with Gasteiger partial charge in [0.05, 0.1) is 18.6 Å². The number of hydrogen-bond acceptors (Lipinski definition) is 6. The van der Waals surface area contributed by atoms with E-state index in [1.165, 1.54) is 24.1 Å². The van der Waals surface area contributed by atoms with Crippen LogP contribution in [0.2, 0.25) is 0 Å². The van der Waals surface area contributed by atoms with Gasteiger partial charge in [0.15, 0.2) is 5.82 Å². The van der Waals surface area contributed by atoms with Gasteiger partial charge in [0.1, 0.15) is 5.75 Å². The largest absolute Gasteiger partial charge is 0.494 e. The molecule has 2 heterocycles. The second-order valence-electron chi connectivity index (χ2n) is 10.1. The zero-order valence-corrected chi connectivity index (χ0v) is 20.9. The first-order chi connectivity index (χ1) is 17.6. The Kier molecular flexibility index (Phi) is 6.03. The highest BCUT2D eigenvalue weighted by Crippen LogP contribution is 2.55. The number of carbonyl (C=O) groups excluding carboxylic acids is 1. The van der Waals surface area contributed by atoms with Crippen LogP contribution in [0.25, 0.3) is 0 Å². The van der Waals surface area contributed by atoms with Crippen LogP contribution in [-0.2, 0) is 0 Å². The van der Waals surface area contributed by atoms with Gasteiger partial charge in [-0.15, -0.1) is 0 Å². The fourth-order valence-electron chi connectivity index (χ4n) is 5.58. The summed E-state index contributed by atoms with van der Waals surface area (Å²) in [5.74, 6) is 2.08. The summed E-state index contributed by atoms with van der Waals surface area (Å²) in [6.45, 7) is 4.47. The number of ether oxygens (including phenoxy) is 1. The molecule has 2 aromatic carbocycles. The first-order valence-electron chi connectivity index (χ1n) is 13.1. The molecular formula is C28H33N5O3. The Morgan fingerprint density at radius 2 is 1.89 bits per heavy atom. The van der Waals surface area contributed by atoms with E-state index in [1.54, 1.807) is 0 Å². The molecule has 3 aliphatic rings. The van der Waals surface area contributed by atoms with Crippen LogP contribution in [0.4, 0.5) is 16.2 Å². The summed E-state index contributed by atoms with van der Waals surface area (Å²) in [7, 11) is 0. The van der Waals surface area contributed by atoms with Crippen LogP contribution in [0.3, 0.4) is 0 Å². The molecule has 2 atom stereocenters. The molecule has 2 saturated carbocycles. The molecule has 188 valence electrons. The molecule has 1 aromatic heterocycles. The van der Waals surface area contributed by atoms with Crippen LogP contribution in [-0.4, -0.2) is 34.9 Å². The fraction of sp³-hybridized carbons (Fsp3) is 0.464. The van der Waals surface area contributed by atoms with Crippen molar-refractivity contribution < 1.29 is 14.1 Å². The monoisotopic (exact) mass is 487 g/mol. The summed E-state index contributed by atoms with van der Waals surface area (Å²) in [5, 5.41) is 10.4. The van der Waals surface area contributed by atoms with Gasteiger partial charge in [0.25, 0.3) is 0 Å². The lowest BCUT2D eigenvalue weighted by atomic mass is 9.86. The Morgan fingerprint density at radius 3 is 2.50 bits per heavy atom. The number of amides is 2. The molecule has 2 amide bonds. The van der Waals surface area contributed by atoms with Gasteiger partial charge in [-0.3, -0.25) is 0 Å². The third kappa shape index (κ3) is 4.18. The second kappa shape index (κ2) is 9.48. The third-order valence-corrected chi connectivity index (χ3v) is 7.78. The summed E-state index contributed by atoms with van der Waals surface area (Å²) in [6.07, 6.45) is 6.87. The van der Waals surface area contributed by atoms with Crippen LogP contribution in [0.5, 0.6) is 5.75 Å². The normalized spacial score (nSPS) is 21.4. The summed E-state index contributed by atoms with van der Waals surface area (Å²) in [5.41, 5.74) is 4.32. The zero-order chi connectivity index (χ0) is 24.6. The molecule has 2 fully saturated rings. The Labute approximate surface area is 211 Å². The van der Waals surface area contributed by atoms with Crippen molar-refractivity contribution in [1.82, 2.24) is 15.5 Å². The van der Waals surface area contributed by atoms with Crippen LogP contribution in [0.15, 0.2) is 47.0 Å². The lowest BCUT2D eigenvalue weighted by Crippen LogP contribution is -2.42. The molecule has 0 radical (unpaired) electrons. The summed E-state index contributed by atoms with van der Waals surface area (Å²) in [4.78, 5) is 19.6. The maximum absolute atomic E-state index is 12.3. The molecule has 2 unspecified atom stereocenters. The highest BCUT2D eigenvalue weighted by atomic mass is 16.5. The number of hydrogen-bond donors (Lipinski definition) is 2. The van der Waals surface area contributed by atoms with E-state index >= 15 is 0 Å². The van der Waals surface area contributed by atoms with Crippen molar-refractivity contribution >= 4 is 17.4 Å². The van der Waals surface area contributed by atoms with E-state index in [-0.39, 0.29) is 18.0 Å². The Balaban J connectivity index is 1.35. The minimum Gasteiger partial charge on any atom is -0.494 e. The van der Waals surface area contributed by atoms with Crippen molar-refractivity contribution in [1.29, 1.82) is 0 Å². The zero-order valence-electron chi connectivity index (χ0n) is 20.9. The molecule has 36 heavy (non-hydrogen) atoms. The first-order valence-corrected chi connectivity index (χ1v) is 13.1. The lowest BCUT2D eigenvalue weighted by molar-refractivity contribution is 0.240. The molecule has 0 bridgehead atoms. The number of rotatable bonds is 7. The first kappa shape index (κ1) is 22.9. The van der Waals surface area contributed by atoms with E-state index in [0.29, 0.717) is 30.4 Å². The second-order valence-corrected chi connectivity index (χ2v) is 10.1. The standard InChI is InChI=1S/C28H33N5O3/c1-3-35-22-14-15-23-24(16-22)33(21-8-5-9-21)26(25(23)27-29-17(2)36-32-27)18-10-12-20(13-11-18)31-28(34)30-19-6-4-7-19/h10-16,19,21,25-26H,3-9H2,1-2H3,(H2,30,31,34). The maximum Gasteiger partial charge on any atom is 0.319 e. The number of urea groups is 1. The summed E-state index contributed by atoms with van der Waals surface area (Å²) < 4.78 is 11.3. The van der Waals surface area contributed by atoms with E-state index in [4.69, 9.17) is 9.26 Å². The molecule has 0 spiro atoms. The van der Waals surface area contributed by atoms with Crippen molar-refractivity contribution in [3.05, 3.63) is 65.3 Å². The number of anilines is 2. The van der Waals surface area contributed by atoms with E-state index in [9.17, 15) is 4.79 Å². The van der Waals surface area contributed by atoms with Crippen LogP contribution < -0.4 is 20.3 Å². The molecule has 0 saturated heterocycles. The van der Waals surface area contributed by atoms with Crippen LogP contribution in [0, 0.1) is 6.92 Å². The maximum atomic E-state index is 12.3. The summed E-state index contributed by atoms with van der Waals surface area (Å²) in [6, 6.07) is 15.2. The lowest BCUT2D eigenvalue weighted by Gasteiger charge is -2.42. The number of fused-ring (bicyclic) bond motifs is 1. The van der Waals surface area contributed by atoms with Crippen LogP contribution >= 0.6 is 0 Å². The van der Waals surface area contributed by atoms with Crippen molar-refractivity contribution in [3.8, 4) is 5.75 Å². The van der Waals surface area contributed by atoms with E-state index in [2.05, 4.69) is 49.9 Å². The molecule has 1 aliphatic heterocycles. The predicted molar refractivity (Wildman–Crippen MR) is 138 cm³/mol. The van der Waals surface area contributed by atoms with E-state index in [1.807, 2.05) is 32.0 Å². The highest BCUT2D eigenvalue weighted by Gasteiger charge is 2.46. The Morgan fingerprint density at radius 1 is 1.11 bits per heavy atom. The number of nitrogens with one attached hydrogen (secondary N) is 2. The van der Waals surface area contributed by atoms with Gasteiger partial charge >= 0.3 is 6.03 Å². The molecule has 8 heteroatoms. The van der Waals surface area contributed by atoms with Crippen molar-refractivity contribution in [2.24, 2.45) is 0 Å². The highest BCUT2D eigenvalue weighted by molar-refractivity contribution is 5.89. The number of aryl methyl sites for hydroxylation is 1. The van der Waals surface area contributed by atoms with Crippen molar-refractivity contribution in [2.45, 2.75) is 76.4 Å². The van der Waals surface area contributed by atoms with Crippen molar-refractivity contribution in [2.75, 3.05) is 16.8 Å². The average molecular weight is 488 g/mol. The number of aromatic nitrogens is 2. The minimum absolute atomic E-state index is 0.0250. The van der Waals surface area contributed by atoms with Gasteiger partial charge in [-0.05, 0) is 74.8 Å². The van der Waals surface area contributed by atoms with Gasteiger partial charge in [-0.2, -0.15) is 4.98 Å². The summed E-state index contributed by atoms with van der Waals surface area (Å²) >= 11 is 0. The van der Waals surface area contributed by atoms with Gasteiger partial charge in [0.2, 0.25) is 5.89 Å². The van der Waals surface area contributed by atoms with Gasteiger partial charge in [-0.1, -0.05) is 23.4 Å². The average Bonchev–Trinajstić information content (AvgIpc) is 3.37. The van der Waals surface area contributed by atoms with Gasteiger partial charge < -0.3 is 24.8 Å². The molecule has 3 aromatic rings. The van der Waals surface area contributed by atoms with E-state index < -0.39 is 0 Å². The van der Waals surface area contributed by atoms with Gasteiger partial charge in [0, 0.05) is 36.4 Å². The Bertz CT molecular complexity index is 1230. The van der Waals surface area contributed by atoms with Gasteiger partial charge in [-0.25, -0.2) is 4.79 Å². The number of carbonyl (C=O) groups is 1. The molecule has 6 rings (SSSR count). The van der Waals surface area contributed by atoms with Crippen LogP contribution in [0.1, 0.15) is 80.3 Å². The van der Waals surface area contributed by atoms with E-state index in [0.717, 1.165) is 42.7 Å². The van der Waals surface area contributed by atoms with Crippen molar-refractivity contribution in [3.63, 3.8) is 0 Å². The Hall–Kier alpha value is -3.55. The molecule has 2 aliphatic carbocycles. The molecule has 8 nitrogen and oxygen atoms in total. The molecule has 2 N–H and O–H groups in total. The molecular weight excluding hydrogens is 454 g/mol. The minimum atomic E-state index is -0.139. The predicted octanol–water partition coefficient (Wildman–Crippen LogP) is 5.70. The third-order valence-electron chi connectivity index (χ3n) is 7.78.